The SMILES string of the molecule is CNC1CCCC(N2CC(C)C(C)C2)C1. The van der Waals surface area contributed by atoms with E-state index in [2.05, 4.69) is 31.1 Å². The lowest BCUT2D eigenvalue weighted by atomic mass is 9.90. The van der Waals surface area contributed by atoms with Gasteiger partial charge >= 0.3 is 0 Å². The highest BCUT2D eigenvalue weighted by molar-refractivity contribution is 4.88. The minimum absolute atomic E-state index is 0.773. The van der Waals surface area contributed by atoms with Crippen LogP contribution in [0.5, 0.6) is 0 Å². The molecule has 1 aliphatic heterocycles. The fourth-order valence-electron chi connectivity index (χ4n) is 3.23. The van der Waals surface area contributed by atoms with Crippen LogP contribution in [0.1, 0.15) is 39.5 Å². The average molecular weight is 210 g/mol. The molecule has 1 N–H and O–H groups in total. The van der Waals surface area contributed by atoms with Gasteiger partial charge in [-0.25, -0.2) is 0 Å². The average Bonchev–Trinajstić information content (AvgIpc) is 2.59. The summed E-state index contributed by atoms with van der Waals surface area (Å²) in [4.78, 5) is 2.75. The van der Waals surface area contributed by atoms with Crippen LogP contribution in [0.4, 0.5) is 0 Å². The number of hydrogen-bond acceptors (Lipinski definition) is 2. The van der Waals surface area contributed by atoms with E-state index >= 15 is 0 Å². The normalized spacial score (nSPS) is 43.4. The van der Waals surface area contributed by atoms with Crippen molar-refractivity contribution in [3.63, 3.8) is 0 Å². The molecule has 2 nitrogen and oxygen atoms in total. The Kier molecular flexibility index (Phi) is 3.68. The van der Waals surface area contributed by atoms with Gasteiger partial charge in [-0.2, -0.15) is 0 Å². The van der Waals surface area contributed by atoms with Crippen LogP contribution in [0.15, 0.2) is 0 Å². The molecule has 4 unspecified atom stereocenters. The lowest BCUT2D eigenvalue weighted by molar-refractivity contribution is 0.165. The summed E-state index contributed by atoms with van der Waals surface area (Å²) in [5, 5.41) is 3.45. The predicted molar refractivity (Wildman–Crippen MR) is 65.0 cm³/mol. The molecule has 0 radical (unpaired) electrons. The molecule has 0 aromatic heterocycles. The highest BCUT2D eigenvalue weighted by Gasteiger charge is 2.33. The molecule has 4 atom stereocenters. The molecule has 1 saturated carbocycles. The van der Waals surface area contributed by atoms with Gasteiger partial charge in [0.1, 0.15) is 0 Å². The quantitative estimate of drug-likeness (QED) is 0.751. The van der Waals surface area contributed by atoms with Crippen molar-refractivity contribution in [2.24, 2.45) is 11.8 Å². The summed E-state index contributed by atoms with van der Waals surface area (Å²) in [5.41, 5.74) is 0. The summed E-state index contributed by atoms with van der Waals surface area (Å²) in [6, 6.07) is 1.64. The largest absolute Gasteiger partial charge is 0.317 e. The Morgan fingerprint density at radius 2 is 1.73 bits per heavy atom. The van der Waals surface area contributed by atoms with E-state index in [9.17, 15) is 0 Å². The molecule has 15 heavy (non-hydrogen) atoms. The molecular formula is C13H26N2. The predicted octanol–water partition coefficient (Wildman–Crippen LogP) is 2.10. The molecule has 1 aliphatic carbocycles. The molecule has 2 heteroatoms. The summed E-state index contributed by atoms with van der Waals surface area (Å²) in [7, 11) is 2.11. The van der Waals surface area contributed by atoms with E-state index in [1.807, 2.05) is 0 Å². The second kappa shape index (κ2) is 4.84. The third-order valence-corrected chi connectivity index (χ3v) is 4.59. The smallest absolute Gasteiger partial charge is 0.0110 e. The maximum Gasteiger partial charge on any atom is 0.0110 e. The Morgan fingerprint density at radius 1 is 1.07 bits per heavy atom. The summed E-state index contributed by atoms with van der Waals surface area (Å²) in [6.45, 7) is 7.48. The molecule has 1 saturated heterocycles. The Labute approximate surface area is 94.4 Å². The van der Waals surface area contributed by atoms with E-state index in [-0.39, 0.29) is 0 Å². The lowest BCUT2D eigenvalue weighted by Gasteiger charge is -2.35. The van der Waals surface area contributed by atoms with Gasteiger partial charge in [-0.15, -0.1) is 0 Å². The Morgan fingerprint density at radius 3 is 2.33 bits per heavy atom. The van der Waals surface area contributed by atoms with Crippen LogP contribution >= 0.6 is 0 Å². The number of likely N-dealkylation sites (tertiary alicyclic amines) is 1. The summed E-state index contributed by atoms with van der Waals surface area (Å²) < 4.78 is 0. The maximum absolute atomic E-state index is 3.45. The molecule has 2 fully saturated rings. The highest BCUT2D eigenvalue weighted by atomic mass is 15.2. The van der Waals surface area contributed by atoms with Gasteiger partial charge < -0.3 is 5.32 Å². The van der Waals surface area contributed by atoms with E-state index in [0.717, 1.165) is 23.9 Å². The van der Waals surface area contributed by atoms with E-state index in [4.69, 9.17) is 0 Å². The van der Waals surface area contributed by atoms with Crippen molar-refractivity contribution in [1.82, 2.24) is 10.2 Å². The minimum atomic E-state index is 0.773. The maximum atomic E-state index is 3.45. The second-order valence-corrected chi connectivity index (χ2v) is 5.71. The zero-order chi connectivity index (χ0) is 10.8. The molecule has 2 aliphatic rings. The van der Waals surface area contributed by atoms with Crippen LogP contribution in [-0.2, 0) is 0 Å². The van der Waals surface area contributed by atoms with Crippen molar-refractivity contribution < 1.29 is 0 Å². The summed E-state index contributed by atoms with van der Waals surface area (Å²) >= 11 is 0. The van der Waals surface area contributed by atoms with E-state index in [1.54, 1.807) is 0 Å². The lowest BCUT2D eigenvalue weighted by Crippen LogP contribution is -2.42. The van der Waals surface area contributed by atoms with Crippen molar-refractivity contribution in [1.29, 1.82) is 0 Å². The van der Waals surface area contributed by atoms with E-state index < -0.39 is 0 Å². The van der Waals surface area contributed by atoms with Crippen molar-refractivity contribution in [3.8, 4) is 0 Å². The van der Waals surface area contributed by atoms with Gasteiger partial charge in [-0.1, -0.05) is 20.3 Å². The Hall–Kier alpha value is -0.0800. The first-order valence-electron chi connectivity index (χ1n) is 6.62. The second-order valence-electron chi connectivity index (χ2n) is 5.71. The number of nitrogens with zero attached hydrogens (tertiary/aromatic N) is 1. The van der Waals surface area contributed by atoms with Crippen molar-refractivity contribution in [3.05, 3.63) is 0 Å². The molecule has 0 amide bonds. The van der Waals surface area contributed by atoms with Gasteiger partial charge in [0.2, 0.25) is 0 Å². The van der Waals surface area contributed by atoms with Crippen LogP contribution in [0.25, 0.3) is 0 Å². The van der Waals surface area contributed by atoms with E-state index in [0.29, 0.717) is 0 Å². The highest BCUT2D eigenvalue weighted by Crippen LogP contribution is 2.30. The first-order chi connectivity index (χ1) is 7.20. The molecule has 0 aromatic carbocycles. The van der Waals surface area contributed by atoms with Gasteiger partial charge in [0.25, 0.3) is 0 Å². The standard InChI is InChI=1S/C13H26N2/c1-10-8-15(9-11(10)2)13-6-4-5-12(7-13)14-3/h10-14H,4-9H2,1-3H3. The van der Waals surface area contributed by atoms with Gasteiger partial charge in [-0.05, 0) is 38.1 Å². The fourth-order valence-corrected chi connectivity index (χ4v) is 3.23. The van der Waals surface area contributed by atoms with Crippen LogP contribution < -0.4 is 5.32 Å². The third-order valence-electron chi connectivity index (χ3n) is 4.59. The Bertz CT molecular complexity index is 195. The first kappa shape index (κ1) is 11.4. The van der Waals surface area contributed by atoms with Crippen LogP contribution in [-0.4, -0.2) is 37.1 Å². The zero-order valence-corrected chi connectivity index (χ0v) is 10.5. The molecule has 0 aromatic rings. The van der Waals surface area contributed by atoms with Gasteiger partial charge in [-0.3, -0.25) is 4.90 Å². The molecule has 88 valence electrons. The summed E-state index contributed by atoms with van der Waals surface area (Å²) in [5.74, 6) is 1.81. The van der Waals surface area contributed by atoms with Gasteiger partial charge in [0, 0.05) is 25.2 Å². The Balaban J connectivity index is 1.88. The van der Waals surface area contributed by atoms with Crippen molar-refractivity contribution >= 4 is 0 Å². The van der Waals surface area contributed by atoms with Crippen LogP contribution in [0, 0.1) is 11.8 Å². The number of rotatable bonds is 2. The van der Waals surface area contributed by atoms with E-state index in [1.165, 1.54) is 38.8 Å². The number of nitrogens with one attached hydrogen (secondary N) is 1. The molecule has 0 bridgehead atoms. The number of hydrogen-bond donors (Lipinski definition) is 1. The molecule has 0 spiro atoms. The van der Waals surface area contributed by atoms with Crippen molar-refractivity contribution in [2.75, 3.05) is 20.1 Å². The zero-order valence-electron chi connectivity index (χ0n) is 10.5. The monoisotopic (exact) mass is 210 g/mol. The van der Waals surface area contributed by atoms with Crippen LogP contribution in [0.2, 0.25) is 0 Å². The van der Waals surface area contributed by atoms with Gasteiger partial charge in [0.15, 0.2) is 0 Å². The fraction of sp³-hybridized carbons (Fsp3) is 1.00. The van der Waals surface area contributed by atoms with Crippen molar-refractivity contribution in [2.45, 2.75) is 51.6 Å². The van der Waals surface area contributed by atoms with Crippen LogP contribution in [0.3, 0.4) is 0 Å². The topological polar surface area (TPSA) is 15.3 Å². The molecule has 1 heterocycles. The molecular weight excluding hydrogens is 184 g/mol. The van der Waals surface area contributed by atoms with Gasteiger partial charge in [0.05, 0.1) is 0 Å². The minimum Gasteiger partial charge on any atom is -0.317 e. The molecule has 2 rings (SSSR count). The third kappa shape index (κ3) is 2.54. The summed E-state index contributed by atoms with van der Waals surface area (Å²) in [6.07, 6.45) is 5.59. The first-order valence-corrected chi connectivity index (χ1v) is 6.62.